The molecule has 19 heavy (non-hydrogen) atoms. The molecule has 0 aliphatic carbocycles. The summed E-state index contributed by atoms with van der Waals surface area (Å²) < 4.78 is 59.5. The van der Waals surface area contributed by atoms with Crippen molar-refractivity contribution in [3.05, 3.63) is 42.0 Å². The number of rotatable bonds is 4. The molecule has 8 heteroatoms. The van der Waals surface area contributed by atoms with E-state index >= 15 is 0 Å². The van der Waals surface area contributed by atoms with Crippen molar-refractivity contribution >= 4 is 22.0 Å². The van der Waals surface area contributed by atoms with E-state index in [1.54, 1.807) is 12.1 Å². The highest BCUT2D eigenvalue weighted by Gasteiger charge is 2.45. The van der Waals surface area contributed by atoms with Crippen molar-refractivity contribution in [2.45, 2.75) is 11.9 Å². The summed E-state index contributed by atoms with van der Waals surface area (Å²) in [5.74, 6) is -1.38. The van der Waals surface area contributed by atoms with Crippen LogP contribution in [0.2, 0.25) is 0 Å². The second-order valence-corrected chi connectivity index (χ2v) is 5.13. The Hall–Kier alpha value is -1.83. The Kier molecular flexibility index (Phi) is 4.35. The minimum absolute atomic E-state index is 0.350. The summed E-state index contributed by atoms with van der Waals surface area (Å²) in [6.07, 6.45) is 0.953. The predicted molar refractivity (Wildman–Crippen MR) is 62.6 cm³/mol. The van der Waals surface area contributed by atoms with Crippen LogP contribution in [0.4, 0.5) is 13.2 Å². The maximum Gasteiger partial charge on any atom is 0.518 e. The minimum atomic E-state index is -5.78. The van der Waals surface area contributed by atoms with Gasteiger partial charge in [0.15, 0.2) is 0 Å². The Labute approximate surface area is 108 Å². The van der Waals surface area contributed by atoms with Gasteiger partial charge in [-0.05, 0) is 17.0 Å². The lowest BCUT2D eigenvalue weighted by Gasteiger charge is -2.12. The number of halogens is 3. The molecule has 0 N–H and O–H groups in total. The van der Waals surface area contributed by atoms with E-state index in [1.807, 2.05) is 0 Å². The summed E-state index contributed by atoms with van der Waals surface area (Å²) in [7, 11) is -5.78. The molecule has 0 spiro atoms. The summed E-state index contributed by atoms with van der Waals surface area (Å²) >= 11 is 0. The van der Waals surface area contributed by atoms with Crippen LogP contribution in [0.25, 0.3) is 6.08 Å². The number of nitrogens with zero attached hydrogens (tertiary/aromatic N) is 1. The summed E-state index contributed by atoms with van der Waals surface area (Å²) in [5.41, 5.74) is -4.56. The monoisotopic (exact) mass is 292 g/mol. The molecule has 104 valence electrons. The average Bonchev–Trinajstić information content (AvgIpc) is 2.26. The standard InChI is InChI=1S/C11H10F3NO3S/c1-2-8-4-3-5-9(6-8)7-10(16)15-19(17,18)11(12,13)14/h2-6H,1,7H2,(H,15,16)/p-1. The van der Waals surface area contributed by atoms with Crippen LogP contribution in [-0.4, -0.2) is 19.8 Å². The zero-order valence-electron chi connectivity index (χ0n) is 9.52. The molecule has 0 bridgehead atoms. The van der Waals surface area contributed by atoms with E-state index in [9.17, 15) is 26.7 Å². The lowest BCUT2D eigenvalue weighted by atomic mass is 10.1. The van der Waals surface area contributed by atoms with E-state index in [1.165, 1.54) is 18.2 Å². The summed E-state index contributed by atoms with van der Waals surface area (Å²) in [6.45, 7) is 3.49. The fourth-order valence-electron chi connectivity index (χ4n) is 1.22. The van der Waals surface area contributed by atoms with Crippen molar-refractivity contribution in [3.63, 3.8) is 0 Å². The van der Waals surface area contributed by atoms with Gasteiger partial charge < -0.3 is 5.11 Å². The first-order chi connectivity index (χ1) is 8.65. The first-order valence-electron chi connectivity index (χ1n) is 4.94. The molecular formula is C11H9F3NO3S-. The fraction of sp³-hybridized carbons (Fsp3) is 0.182. The zero-order valence-corrected chi connectivity index (χ0v) is 10.3. The van der Waals surface area contributed by atoms with Gasteiger partial charge in [-0.15, -0.1) is 0 Å². The van der Waals surface area contributed by atoms with Gasteiger partial charge in [-0.1, -0.05) is 36.9 Å². The van der Waals surface area contributed by atoms with Crippen LogP contribution in [0.5, 0.6) is 0 Å². The average molecular weight is 292 g/mol. The van der Waals surface area contributed by atoms with Crippen molar-refractivity contribution in [2.24, 2.45) is 4.40 Å². The number of hydrogen-bond acceptors (Lipinski definition) is 3. The maximum atomic E-state index is 12.0. The molecule has 1 rings (SSSR count). The molecule has 4 nitrogen and oxygen atoms in total. The molecule has 0 saturated carbocycles. The van der Waals surface area contributed by atoms with Gasteiger partial charge in [0.2, 0.25) is 0 Å². The van der Waals surface area contributed by atoms with Gasteiger partial charge in [0.25, 0.3) is 0 Å². The highest BCUT2D eigenvalue weighted by atomic mass is 32.2. The Balaban J connectivity index is 2.97. The lowest BCUT2D eigenvalue weighted by Crippen LogP contribution is -2.27. The van der Waals surface area contributed by atoms with Crippen LogP contribution in [0.1, 0.15) is 11.1 Å². The number of sulfonamides is 1. The largest absolute Gasteiger partial charge is 0.861 e. The SMILES string of the molecule is C=Cc1cccc(C/C([O-])=N/S(=O)(=O)C(F)(F)F)c1. The molecule has 0 heterocycles. The molecule has 0 saturated heterocycles. The van der Waals surface area contributed by atoms with E-state index in [4.69, 9.17) is 0 Å². The highest BCUT2D eigenvalue weighted by Crippen LogP contribution is 2.24. The van der Waals surface area contributed by atoms with E-state index in [2.05, 4.69) is 11.0 Å². The molecule has 0 radical (unpaired) electrons. The normalized spacial score (nSPS) is 13.3. The molecule has 0 aliphatic rings. The molecule has 1 aromatic carbocycles. The molecule has 0 amide bonds. The third kappa shape index (κ3) is 4.09. The van der Waals surface area contributed by atoms with Gasteiger partial charge >= 0.3 is 15.5 Å². The molecule has 0 aromatic heterocycles. The molecule has 0 fully saturated rings. The molecule has 0 atom stereocenters. The number of hydrogen-bond donors (Lipinski definition) is 0. The van der Waals surface area contributed by atoms with Crippen molar-refractivity contribution in [2.75, 3.05) is 0 Å². The van der Waals surface area contributed by atoms with Crippen LogP contribution in [-0.2, 0) is 16.4 Å². The lowest BCUT2D eigenvalue weighted by molar-refractivity contribution is -0.217. The maximum absolute atomic E-state index is 12.0. The molecule has 1 aromatic rings. The second-order valence-electron chi connectivity index (χ2n) is 3.53. The number of benzene rings is 1. The van der Waals surface area contributed by atoms with Crippen molar-refractivity contribution in [1.29, 1.82) is 0 Å². The quantitative estimate of drug-likeness (QED) is 0.623. The summed E-state index contributed by atoms with van der Waals surface area (Å²) in [6, 6.07) is 6.21. The van der Waals surface area contributed by atoms with Gasteiger partial charge in [0.05, 0.1) is 0 Å². The van der Waals surface area contributed by atoms with Crippen molar-refractivity contribution in [1.82, 2.24) is 0 Å². The van der Waals surface area contributed by atoms with Crippen LogP contribution >= 0.6 is 0 Å². The summed E-state index contributed by atoms with van der Waals surface area (Å²) in [5, 5.41) is 11.2. The van der Waals surface area contributed by atoms with Gasteiger partial charge in [-0.25, -0.2) is 0 Å². The Morgan fingerprint density at radius 1 is 1.42 bits per heavy atom. The summed E-state index contributed by atoms with van der Waals surface area (Å²) in [4.78, 5) is 0. The topological polar surface area (TPSA) is 69.6 Å². The van der Waals surface area contributed by atoms with Gasteiger partial charge in [-0.2, -0.15) is 26.0 Å². The number of alkyl halides is 3. The second kappa shape index (κ2) is 5.43. The van der Waals surface area contributed by atoms with E-state index in [0.29, 0.717) is 11.1 Å². The Morgan fingerprint density at radius 3 is 2.58 bits per heavy atom. The van der Waals surface area contributed by atoms with E-state index in [0.717, 1.165) is 0 Å². The predicted octanol–water partition coefficient (Wildman–Crippen LogP) is 1.48. The van der Waals surface area contributed by atoms with Crippen molar-refractivity contribution < 1.29 is 26.7 Å². The molecule has 0 aliphatic heterocycles. The first-order valence-corrected chi connectivity index (χ1v) is 6.38. The van der Waals surface area contributed by atoms with Crippen LogP contribution in [0, 0.1) is 0 Å². The van der Waals surface area contributed by atoms with Gasteiger partial charge in [0, 0.05) is 6.42 Å². The van der Waals surface area contributed by atoms with Crippen molar-refractivity contribution in [3.8, 4) is 0 Å². The van der Waals surface area contributed by atoms with Crippen LogP contribution in [0.3, 0.4) is 0 Å². The van der Waals surface area contributed by atoms with E-state index in [-0.39, 0.29) is 0 Å². The molecular weight excluding hydrogens is 283 g/mol. The van der Waals surface area contributed by atoms with E-state index < -0.39 is 27.9 Å². The third-order valence-corrected chi connectivity index (χ3v) is 3.09. The van der Waals surface area contributed by atoms with Gasteiger partial charge in [-0.3, -0.25) is 0 Å². The van der Waals surface area contributed by atoms with Gasteiger partial charge in [0.1, 0.15) is 0 Å². The van der Waals surface area contributed by atoms with Crippen LogP contribution < -0.4 is 5.11 Å². The zero-order chi connectivity index (χ0) is 14.7. The third-order valence-electron chi connectivity index (χ3n) is 2.06. The Bertz CT molecular complexity index is 606. The minimum Gasteiger partial charge on any atom is -0.861 e. The first kappa shape index (κ1) is 15.2. The Morgan fingerprint density at radius 2 is 2.05 bits per heavy atom. The van der Waals surface area contributed by atoms with Crippen LogP contribution in [0.15, 0.2) is 35.2 Å². The molecule has 0 unspecified atom stereocenters. The fourth-order valence-corrected chi connectivity index (χ4v) is 1.66. The smallest absolute Gasteiger partial charge is 0.518 e. The highest BCUT2D eigenvalue weighted by molar-refractivity contribution is 7.91.